The number of ether oxygens (including phenoxy) is 1. The summed E-state index contributed by atoms with van der Waals surface area (Å²) in [4.78, 5) is 8.48. The third-order valence-electron chi connectivity index (χ3n) is 2.85. The predicted molar refractivity (Wildman–Crippen MR) is 84.5 cm³/mol. The van der Waals surface area contributed by atoms with Gasteiger partial charge in [0.15, 0.2) is 0 Å². The maximum Gasteiger partial charge on any atom is 0.224 e. The highest BCUT2D eigenvalue weighted by Gasteiger charge is 2.05. The Bertz CT molecular complexity index is 577. The van der Waals surface area contributed by atoms with E-state index in [1.807, 2.05) is 18.2 Å². The molecule has 0 aliphatic heterocycles. The zero-order chi connectivity index (χ0) is 14.4. The van der Waals surface area contributed by atoms with E-state index in [0.29, 0.717) is 5.95 Å². The minimum atomic E-state index is 0.591. The van der Waals surface area contributed by atoms with Gasteiger partial charge < -0.3 is 15.4 Å². The number of benzene rings is 1. The molecule has 20 heavy (non-hydrogen) atoms. The van der Waals surface area contributed by atoms with Crippen LogP contribution in [0.4, 0.5) is 11.8 Å². The second kappa shape index (κ2) is 7.09. The van der Waals surface area contributed by atoms with Gasteiger partial charge in [0.1, 0.15) is 11.6 Å². The second-order valence-corrected chi connectivity index (χ2v) is 4.98. The predicted octanol–water partition coefficient (Wildman–Crippen LogP) is 2.94. The van der Waals surface area contributed by atoms with Gasteiger partial charge in [-0.3, -0.25) is 0 Å². The van der Waals surface area contributed by atoms with Crippen molar-refractivity contribution in [2.45, 2.75) is 6.42 Å². The van der Waals surface area contributed by atoms with Crippen LogP contribution in [-0.2, 0) is 6.42 Å². The van der Waals surface area contributed by atoms with Crippen LogP contribution in [0.5, 0.6) is 5.75 Å². The molecule has 0 saturated heterocycles. The number of hydrogen-bond donors (Lipinski definition) is 2. The van der Waals surface area contributed by atoms with Crippen molar-refractivity contribution in [2.24, 2.45) is 0 Å². The number of halogens is 1. The number of aromatic nitrogens is 2. The van der Waals surface area contributed by atoms with Crippen molar-refractivity contribution < 1.29 is 4.74 Å². The normalized spacial score (nSPS) is 10.2. The minimum absolute atomic E-state index is 0.591. The van der Waals surface area contributed by atoms with Crippen molar-refractivity contribution in [1.29, 1.82) is 0 Å². The van der Waals surface area contributed by atoms with Gasteiger partial charge in [0, 0.05) is 19.8 Å². The number of anilines is 2. The van der Waals surface area contributed by atoms with Gasteiger partial charge in [-0.1, -0.05) is 18.2 Å². The van der Waals surface area contributed by atoms with Gasteiger partial charge in [0.05, 0.1) is 11.6 Å². The minimum Gasteiger partial charge on any atom is -0.496 e. The van der Waals surface area contributed by atoms with Crippen molar-refractivity contribution in [3.8, 4) is 5.75 Å². The van der Waals surface area contributed by atoms with E-state index in [1.165, 1.54) is 5.56 Å². The Balaban J connectivity index is 1.99. The molecule has 0 aliphatic carbocycles. The molecule has 0 fully saturated rings. The van der Waals surface area contributed by atoms with E-state index in [4.69, 9.17) is 4.74 Å². The highest BCUT2D eigenvalue weighted by Crippen LogP contribution is 2.21. The summed E-state index contributed by atoms with van der Waals surface area (Å²) >= 11 is 3.43. The van der Waals surface area contributed by atoms with Gasteiger partial charge in [0.2, 0.25) is 5.95 Å². The lowest BCUT2D eigenvalue weighted by Gasteiger charge is -2.11. The van der Waals surface area contributed by atoms with Gasteiger partial charge in [-0.15, -0.1) is 0 Å². The molecule has 5 nitrogen and oxygen atoms in total. The van der Waals surface area contributed by atoms with Crippen LogP contribution in [0.2, 0.25) is 0 Å². The molecule has 1 aromatic carbocycles. The molecule has 0 bridgehead atoms. The van der Waals surface area contributed by atoms with Gasteiger partial charge >= 0.3 is 0 Å². The highest BCUT2D eigenvalue weighted by atomic mass is 79.9. The number of methoxy groups -OCH3 is 1. The van der Waals surface area contributed by atoms with Crippen molar-refractivity contribution >= 4 is 27.7 Å². The van der Waals surface area contributed by atoms with Crippen molar-refractivity contribution in [3.63, 3.8) is 0 Å². The fourth-order valence-electron chi connectivity index (χ4n) is 1.84. The second-order valence-electron chi connectivity index (χ2n) is 4.13. The molecule has 2 aromatic rings. The van der Waals surface area contributed by atoms with E-state index in [0.717, 1.165) is 29.0 Å². The Morgan fingerprint density at radius 1 is 1.30 bits per heavy atom. The molecule has 0 saturated carbocycles. The van der Waals surface area contributed by atoms with E-state index >= 15 is 0 Å². The lowest BCUT2D eigenvalue weighted by molar-refractivity contribution is 0.410. The Labute approximate surface area is 126 Å². The first-order valence-corrected chi connectivity index (χ1v) is 7.10. The van der Waals surface area contributed by atoms with Gasteiger partial charge in [-0.2, -0.15) is 4.98 Å². The molecule has 1 aromatic heterocycles. The third kappa shape index (κ3) is 3.60. The molecule has 106 valence electrons. The zero-order valence-electron chi connectivity index (χ0n) is 11.5. The number of nitrogens with one attached hydrogen (secondary N) is 2. The van der Waals surface area contributed by atoms with Gasteiger partial charge in [-0.25, -0.2) is 4.98 Å². The number of rotatable bonds is 6. The fraction of sp³-hybridized carbons (Fsp3) is 0.286. The molecule has 6 heteroatoms. The molecular formula is C14H17BrN4O. The first kappa shape index (κ1) is 14.6. The van der Waals surface area contributed by atoms with Crippen molar-refractivity contribution in [1.82, 2.24) is 9.97 Å². The van der Waals surface area contributed by atoms with Crippen LogP contribution >= 0.6 is 15.9 Å². The van der Waals surface area contributed by atoms with Crippen LogP contribution in [0, 0.1) is 0 Å². The SMILES string of the molecule is CNc1ncc(Br)c(NCCc2ccccc2OC)n1. The molecule has 0 amide bonds. The number of hydrogen-bond acceptors (Lipinski definition) is 5. The Hall–Kier alpha value is -1.82. The standard InChI is InChI=1S/C14H17BrN4O/c1-16-14-18-9-11(15)13(19-14)17-8-7-10-5-3-4-6-12(10)20-2/h3-6,9H,7-8H2,1-2H3,(H2,16,17,18,19). The van der Waals surface area contributed by atoms with Crippen LogP contribution in [0.1, 0.15) is 5.56 Å². The molecule has 2 N–H and O–H groups in total. The summed E-state index contributed by atoms with van der Waals surface area (Å²) in [5.74, 6) is 2.28. The van der Waals surface area contributed by atoms with E-state index < -0.39 is 0 Å². The molecule has 0 aliphatic rings. The third-order valence-corrected chi connectivity index (χ3v) is 3.43. The Morgan fingerprint density at radius 3 is 2.85 bits per heavy atom. The van der Waals surface area contributed by atoms with E-state index in [9.17, 15) is 0 Å². The number of nitrogens with zero attached hydrogens (tertiary/aromatic N) is 2. The summed E-state index contributed by atoms with van der Waals surface area (Å²) in [6.45, 7) is 0.763. The summed E-state index contributed by atoms with van der Waals surface area (Å²) in [6, 6.07) is 8.01. The molecular weight excluding hydrogens is 320 g/mol. The average molecular weight is 337 g/mol. The van der Waals surface area contributed by atoms with Crippen LogP contribution in [-0.4, -0.2) is 30.7 Å². The summed E-state index contributed by atoms with van der Waals surface area (Å²) in [6.07, 6.45) is 2.58. The van der Waals surface area contributed by atoms with E-state index in [2.05, 4.69) is 42.6 Å². The quantitative estimate of drug-likeness (QED) is 0.849. The van der Waals surface area contributed by atoms with Crippen molar-refractivity contribution in [2.75, 3.05) is 31.3 Å². The average Bonchev–Trinajstić information content (AvgIpc) is 2.49. The monoisotopic (exact) mass is 336 g/mol. The molecule has 2 rings (SSSR count). The smallest absolute Gasteiger partial charge is 0.224 e. The maximum atomic E-state index is 5.34. The van der Waals surface area contributed by atoms with Crippen LogP contribution in [0.3, 0.4) is 0 Å². The summed E-state index contributed by atoms with van der Waals surface area (Å²) in [5.41, 5.74) is 1.17. The summed E-state index contributed by atoms with van der Waals surface area (Å²) < 4.78 is 6.18. The fourth-order valence-corrected chi connectivity index (χ4v) is 2.17. The zero-order valence-corrected chi connectivity index (χ0v) is 13.1. The Morgan fingerprint density at radius 2 is 2.10 bits per heavy atom. The lowest BCUT2D eigenvalue weighted by atomic mass is 10.1. The topological polar surface area (TPSA) is 59.1 Å². The van der Waals surface area contributed by atoms with Crippen LogP contribution < -0.4 is 15.4 Å². The molecule has 1 heterocycles. The maximum absolute atomic E-state index is 5.34. The van der Waals surface area contributed by atoms with Gasteiger partial charge in [-0.05, 0) is 34.0 Å². The first-order chi connectivity index (χ1) is 9.74. The molecule has 0 unspecified atom stereocenters. The van der Waals surface area contributed by atoms with Crippen LogP contribution in [0.15, 0.2) is 34.9 Å². The summed E-state index contributed by atoms with van der Waals surface area (Å²) in [5, 5.41) is 6.21. The largest absolute Gasteiger partial charge is 0.496 e. The van der Waals surface area contributed by atoms with E-state index in [-0.39, 0.29) is 0 Å². The first-order valence-electron chi connectivity index (χ1n) is 6.30. The summed E-state index contributed by atoms with van der Waals surface area (Å²) in [7, 11) is 3.48. The Kier molecular flexibility index (Phi) is 5.17. The molecule has 0 radical (unpaired) electrons. The van der Waals surface area contributed by atoms with Crippen LogP contribution in [0.25, 0.3) is 0 Å². The van der Waals surface area contributed by atoms with Gasteiger partial charge in [0.25, 0.3) is 0 Å². The van der Waals surface area contributed by atoms with E-state index in [1.54, 1.807) is 20.4 Å². The highest BCUT2D eigenvalue weighted by molar-refractivity contribution is 9.10. The van der Waals surface area contributed by atoms with Crippen molar-refractivity contribution in [3.05, 3.63) is 40.5 Å². The molecule has 0 atom stereocenters. The lowest BCUT2D eigenvalue weighted by Crippen LogP contribution is -2.09. The molecule has 0 spiro atoms. The number of para-hydroxylation sites is 1.